The van der Waals surface area contributed by atoms with Crippen LogP contribution in [0.2, 0.25) is 5.02 Å². The predicted octanol–water partition coefficient (Wildman–Crippen LogP) is 3.57. The lowest BCUT2D eigenvalue weighted by Crippen LogP contribution is -1.75. The molecule has 0 N–H and O–H groups in total. The molecule has 1 heterocycles. The van der Waals surface area contributed by atoms with Crippen molar-refractivity contribution < 1.29 is 0 Å². The first kappa shape index (κ1) is 10.2. The van der Waals surface area contributed by atoms with Gasteiger partial charge in [0, 0.05) is 17.6 Å². The Balaban J connectivity index is 2.33. The van der Waals surface area contributed by atoms with E-state index in [9.17, 15) is 0 Å². The second kappa shape index (κ2) is 4.46. The van der Waals surface area contributed by atoms with E-state index in [4.69, 9.17) is 11.6 Å². The van der Waals surface area contributed by atoms with Crippen LogP contribution in [-0.4, -0.2) is 17.2 Å². The van der Waals surface area contributed by atoms with Crippen molar-refractivity contribution in [3.05, 3.63) is 29.3 Å². The summed E-state index contributed by atoms with van der Waals surface area (Å²) in [7, 11) is 1.60. The largest absolute Gasteiger partial charge is 0.251 e. The van der Waals surface area contributed by atoms with Crippen LogP contribution in [0.15, 0.2) is 34.5 Å². The van der Waals surface area contributed by atoms with Crippen LogP contribution in [0.4, 0.5) is 5.13 Å². The molecule has 0 unspecified atom stereocenters. The number of rotatable bonds is 2. The molecule has 0 saturated heterocycles. The van der Waals surface area contributed by atoms with E-state index in [2.05, 4.69) is 20.4 Å². The van der Waals surface area contributed by atoms with E-state index in [1.165, 1.54) is 11.3 Å². The summed E-state index contributed by atoms with van der Waals surface area (Å²) in [5.41, 5.74) is 0.981. The van der Waals surface area contributed by atoms with Crippen molar-refractivity contribution in [1.82, 2.24) is 10.2 Å². The van der Waals surface area contributed by atoms with Gasteiger partial charge in [0.05, 0.1) is 0 Å². The molecule has 4 nitrogen and oxygen atoms in total. The molecule has 0 amide bonds. The molecule has 0 aliphatic rings. The van der Waals surface area contributed by atoms with Crippen molar-refractivity contribution in [2.75, 3.05) is 7.05 Å². The van der Waals surface area contributed by atoms with Crippen LogP contribution in [0.3, 0.4) is 0 Å². The lowest BCUT2D eigenvalue weighted by Gasteiger charge is -1.93. The van der Waals surface area contributed by atoms with Crippen LogP contribution < -0.4 is 0 Å². The maximum atomic E-state index is 5.79. The summed E-state index contributed by atoms with van der Waals surface area (Å²) in [4.78, 5) is 0. The maximum Gasteiger partial charge on any atom is 0.251 e. The normalized spacial score (nSPS) is 11.1. The fraction of sp³-hybridized carbons (Fsp3) is 0.111. The van der Waals surface area contributed by atoms with E-state index in [1.807, 2.05) is 24.3 Å². The molecule has 0 fully saturated rings. The smallest absolute Gasteiger partial charge is 0.190 e. The second-order valence-corrected chi connectivity index (χ2v) is 4.09. The molecule has 0 radical (unpaired) electrons. The molecule has 0 aliphatic heterocycles. The molecular formula is C9H7ClN4S. The molecule has 6 heteroatoms. The van der Waals surface area contributed by atoms with Gasteiger partial charge in [0.15, 0.2) is 0 Å². The average Bonchev–Trinajstić information content (AvgIpc) is 2.68. The first-order valence-corrected chi connectivity index (χ1v) is 5.38. The molecule has 15 heavy (non-hydrogen) atoms. The predicted molar refractivity (Wildman–Crippen MR) is 60.8 cm³/mol. The Morgan fingerprint density at radius 3 is 2.60 bits per heavy atom. The average molecular weight is 239 g/mol. The van der Waals surface area contributed by atoms with Gasteiger partial charge < -0.3 is 0 Å². The molecule has 0 aliphatic carbocycles. The van der Waals surface area contributed by atoms with Crippen LogP contribution in [0.1, 0.15) is 0 Å². The van der Waals surface area contributed by atoms with Crippen molar-refractivity contribution in [1.29, 1.82) is 0 Å². The maximum absolute atomic E-state index is 5.79. The number of hydrogen-bond acceptors (Lipinski definition) is 5. The monoisotopic (exact) mass is 238 g/mol. The van der Waals surface area contributed by atoms with Crippen molar-refractivity contribution >= 4 is 28.1 Å². The molecule has 0 atom stereocenters. The zero-order chi connectivity index (χ0) is 10.7. The molecule has 0 saturated carbocycles. The third-order valence-corrected chi connectivity index (χ3v) is 2.80. The summed E-state index contributed by atoms with van der Waals surface area (Å²) in [6, 6.07) is 7.43. The number of benzene rings is 1. The Kier molecular flexibility index (Phi) is 3.03. The first-order chi connectivity index (χ1) is 7.29. The van der Waals surface area contributed by atoms with Gasteiger partial charge in [-0.1, -0.05) is 35.1 Å². The quantitative estimate of drug-likeness (QED) is 0.751. The van der Waals surface area contributed by atoms with E-state index in [1.54, 1.807) is 7.05 Å². The van der Waals surface area contributed by atoms with E-state index >= 15 is 0 Å². The summed E-state index contributed by atoms with van der Waals surface area (Å²) in [6.45, 7) is 0. The lowest BCUT2D eigenvalue weighted by atomic mass is 10.2. The Bertz CT molecular complexity index is 477. The highest BCUT2D eigenvalue weighted by Gasteiger charge is 2.05. The molecule has 1 aromatic heterocycles. The molecular weight excluding hydrogens is 232 g/mol. The highest BCUT2D eigenvalue weighted by molar-refractivity contribution is 7.18. The summed E-state index contributed by atoms with van der Waals surface area (Å²) >= 11 is 7.18. The Morgan fingerprint density at radius 2 is 1.93 bits per heavy atom. The van der Waals surface area contributed by atoms with Crippen LogP contribution in [0.25, 0.3) is 10.6 Å². The van der Waals surface area contributed by atoms with Crippen LogP contribution >= 0.6 is 22.9 Å². The molecule has 2 aromatic rings. The summed E-state index contributed by atoms with van der Waals surface area (Å²) in [6.07, 6.45) is 0. The fourth-order valence-electron chi connectivity index (χ4n) is 1.05. The highest BCUT2D eigenvalue weighted by atomic mass is 35.5. The molecule has 1 aromatic carbocycles. The summed E-state index contributed by atoms with van der Waals surface area (Å²) in [5, 5.41) is 17.4. The van der Waals surface area contributed by atoms with Gasteiger partial charge in [-0.05, 0) is 12.1 Å². The Hall–Kier alpha value is -1.33. The Morgan fingerprint density at radius 1 is 1.20 bits per heavy atom. The number of aromatic nitrogens is 2. The third-order valence-electron chi connectivity index (χ3n) is 1.69. The summed E-state index contributed by atoms with van der Waals surface area (Å²) in [5.74, 6) is 0. The van der Waals surface area contributed by atoms with Gasteiger partial charge in [-0.2, -0.15) is 5.11 Å². The third kappa shape index (κ3) is 2.37. The second-order valence-electron chi connectivity index (χ2n) is 2.70. The number of nitrogens with zero attached hydrogens (tertiary/aromatic N) is 4. The molecule has 2 rings (SSSR count). The van der Waals surface area contributed by atoms with Gasteiger partial charge in [0.2, 0.25) is 0 Å². The minimum absolute atomic E-state index is 0.558. The van der Waals surface area contributed by atoms with Crippen LogP contribution in [0, 0.1) is 0 Å². The fourth-order valence-corrected chi connectivity index (χ4v) is 1.89. The Labute approximate surface area is 95.7 Å². The number of halogens is 1. The van der Waals surface area contributed by atoms with Crippen molar-refractivity contribution in [2.24, 2.45) is 10.2 Å². The molecule has 0 spiro atoms. The van der Waals surface area contributed by atoms with Gasteiger partial charge in [-0.3, -0.25) is 0 Å². The standard InChI is InChI=1S/C9H7ClN4S/c1-11-13-9-14-12-8(15-9)6-2-4-7(10)5-3-6/h2-5H,1H3. The molecule has 0 bridgehead atoms. The van der Waals surface area contributed by atoms with E-state index in [-0.39, 0.29) is 0 Å². The van der Waals surface area contributed by atoms with Crippen molar-refractivity contribution in [3.8, 4) is 10.6 Å². The number of hydrogen-bond donors (Lipinski definition) is 0. The van der Waals surface area contributed by atoms with E-state index in [0.717, 1.165) is 10.6 Å². The first-order valence-electron chi connectivity index (χ1n) is 4.19. The summed E-state index contributed by atoms with van der Waals surface area (Å²) < 4.78 is 0. The van der Waals surface area contributed by atoms with E-state index in [0.29, 0.717) is 10.2 Å². The van der Waals surface area contributed by atoms with Gasteiger partial charge in [0.1, 0.15) is 5.01 Å². The lowest BCUT2D eigenvalue weighted by molar-refractivity contribution is 1.05. The molecule has 76 valence electrons. The van der Waals surface area contributed by atoms with Gasteiger partial charge in [-0.25, -0.2) is 0 Å². The van der Waals surface area contributed by atoms with Gasteiger partial charge in [-0.15, -0.1) is 15.3 Å². The minimum atomic E-state index is 0.558. The van der Waals surface area contributed by atoms with E-state index < -0.39 is 0 Å². The SMILES string of the molecule is CN=Nc1nnc(-c2ccc(Cl)cc2)s1. The van der Waals surface area contributed by atoms with Crippen LogP contribution in [-0.2, 0) is 0 Å². The van der Waals surface area contributed by atoms with Gasteiger partial charge in [0.25, 0.3) is 5.13 Å². The van der Waals surface area contributed by atoms with Crippen molar-refractivity contribution in [3.63, 3.8) is 0 Å². The van der Waals surface area contributed by atoms with Crippen molar-refractivity contribution in [2.45, 2.75) is 0 Å². The topological polar surface area (TPSA) is 50.5 Å². The zero-order valence-electron chi connectivity index (χ0n) is 7.88. The van der Waals surface area contributed by atoms with Crippen LogP contribution in [0.5, 0.6) is 0 Å². The number of azo groups is 1. The highest BCUT2D eigenvalue weighted by Crippen LogP contribution is 2.28. The minimum Gasteiger partial charge on any atom is -0.190 e. The zero-order valence-corrected chi connectivity index (χ0v) is 9.46. The van der Waals surface area contributed by atoms with Gasteiger partial charge >= 0.3 is 0 Å².